The van der Waals surface area contributed by atoms with E-state index in [0.29, 0.717) is 19.7 Å². The first kappa shape index (κ1) is 18.9. The zero-order valence-corrected chi connectivity index (χ0v) is 15.1. The molecule has 134 valence electrons. The molecule has 5 nitrogen and oxygen atoms in total. The molecular weight excluding hydrogens is 302 g/mol. The molecule has 1 aliphatic heterocycles. The molecule has 0 spiro atoms. The minimum absolute atomic E-state index is 0.0253. The Morgan fingerprint density at radius 1 is 1.33 bits per heavy atom. The Morgan fingerprint density at radius 3 is 2.62 bits per heavy atom. The summed E-state index contributed by atoms with van der Waals surface area (Å²) < 4.78 is 5.53. The van der Waals surface area contributed by atoms with E-state index >= 15 is 0 Å². The van der Waals surface area contributed by atoms with Crippen molar-refractivity contribution in [2.24, 2.45) is 0 Å². The quantitative estimate of drug-likeness (QED) is 0.681. The standard InChI is InChI=1S/C19H31N3O2/c1-4-19(5-2,22-15(3)16-9-7-6-8-10-16)14-21-18(23)17-13-20-11-12-24-17/h6-10,15,17,20,22H,4-5,11-14H2,1-3H3,(H,21,23). The van der Waals surface area contributed by atoms with Crippen LogP contribution in [0.5, 0.6) is 0 Å². The van der Waals surface area contributed by atoms with Crippen molar-refractivity contribution in [2.45, 2.75) is 51.3 Å². The number of hydrogen-bond acceptors (Lipinski definition) is 4. The molecule has 0 aromatic heterocycles. The summed E-state index contributed by atoms with van der Waals surface area (Å²) in [5.74, 6) is -0.0253. The van der Waals surface area contributed by atoms with E-state index in [-0.39, 0.29) is 23.6 Å². The normalized spacial score (nSPS) is 19.7. The average molecular weight is 333 g/mol. The van der Waals surface area contributed by atoms with Crippen molar-refractivity contribution in [2.75, 3.05) is 26.2 Å². The lowest BCUT2D eigenvalue weighted by atomic mass is 9.90. The van der Waals surface area contributed by atoms with Crippen LogP contribution in [-0.2, 0) is 9.53 Å². The van der Waals surface area contributed by atoms with Crippen LogP contribution in [0.25, 0.3) is 0 Å². The number of hydrogen-bond donors (Lipinski definition) is 3. The largest absolute Gasteiger partial charge is 0.366 e. The molecule has 2 rings (SSSR count). The summed E-state index contributed by atoms with van der Waals surface area (Å²) in [4.78, 5) is 12.3. The van der Waals surface area contributed by atoms with Gasteiger partial charge in [-0.15, -0.1) is 0 Å². The van der Waals surface area contributed by atoms with Crippen LogP contribution >= 0.6 is 0 Å². The van der Waals surface area contributed by atoms with Crippen molar-refractivity contribution in [3.05, 3.63) is 35.9 Å². The first-order valence-corrected chi connectivity index (χ1v) is 9.03. The zero-order valence-electron chi connectivity index (χ0n) is 15.1. The van der Waals surface area contributed by atoms with Crippen molar-refractivity contribution < 1.29 is 9.53 Å². The molecule has 0 bridgehead atoms. The van der Waals surface area contributed by atoms with E-state index in [1.54, 1.807) is 0 Å². The number of rotatable bonds is 8. The van der Waals surface area contributed by atoms with Gasteiger partial charge in [0.15, 0.2) is 0 Å². The van der Waals surface area contributed by atoms with Crippen molar-refractivity contribution in [1.82, 2.24) is 16.0 Å². The molecule has 5 heteroatoms. The summed E-state index contributed by atoms with van der Waals surface area (Å²) in [6.45, 7) is 9.10. The van der Waals surface area contributed by atoms with Gasteiger partial charge in [-0.1, -0.05) is 44.2 Å². The lowest BCUT2D eigenvalue weighted by Crippen LogP contribution is -2.56. The topological polar surface area (TPSA) is 62.4 Å². The molecule has 1 fully saturated rings. The summed E-state index contributed by atoms with van der Waals surface area (Å²) in [6.07, 6.45) is 1.52. The molecule has 1 aromatic rings. The van der Waals surface area contributed by atoms with Crippen molar-refractivity contribution in [3.63, 3.8) is 0 Å². The number of carbonyl (C=O) groups is 1. The predicted octanol–water partition coefficient (Wildman–Crippen LogP) is 2.00. The van der Waals surface area contributed by atoms with Gasteiger partial charge in [-0.05, 0) is 25.3 Å². The molecule has 1 amide bonds. The molecule has 0 saturated carbocycles. The van der Waals surface area contributed by atoms with Gasteiger partial charge >= 0.3 is 0 Å². The van der Waals surface area contributed by atoms with Crippen LogP contribution in [0.2, 0.25) is 0 Å². The summed E-state index contributed by atoms with van der Waals surface area (Å²) in [7, 11) is 0. The van der Waals surface area contributed by atoms with Crippen molar-refractivity contribution in [1.29, 1.82) is 0 Å². The van der Waals surface area contributed by atoms with E-state index in [4.69, 9.17) is 4.74 Å². The molecule has 2 atom stereocenters. The monoisotopic (exact) mass is 333 g/mol. The number of carbonyl (C=O) groups excluding carboxylic acids is 1. The second-order valence-corrected chi connectivity index (χ2v) is 6.55. The van der Waals surface area contributed by atoms with E-state index in [2.05, 4.69) is 61.0 Å². The second kappa shape index (κ2) is 9.16. The second-order valence-electron chi connectivity index (χ2n) is 6.55. The highest BCUT2D eigenvalue weighted by Crippen LogP contribution is 2.21. The van der Waals surface area contributed by atoms with Gasteiger partial charge in [-0.25, -0.2) is 0 Å². The molecule has 1 aromatic carbocycles. The summed E-state index contributed by atoms with van der Waals surface area (Å²) in [6, 6.07) is 10.6. The van der Waals surface area contributed by atoms with Crippen LogP contribution in [0.15, 0.2) is 30.3 Å². The minimum atomic E-state index is -0.378. The third kappa shape index (κ3) is 5.03. The lowest BCUT2D eigenvalue weighted by molar-refractivity contribution is -0.134. The van der Waals surface area contributed by atoms with Crippen molar-refractivity contribution >= 4 is 5.91 Å². The van der Waals surface area contributed by atoms with E-state index in [1.807, 2.05) is 6.07 Å². The maximum Gasteiger partial charge on any atom is 0.250 e. The van der Waals surface area contributed by atoms with E-state index in [1.165, 1.54) is 5.56 Å². The molecular formula is C19H31N3O2. The highest BCUT2D eigenvalue weighted by atomic mass is 16.5. The van der Waals surface area contributed by atoms with E-state index < -0.39 is 0 Å². The molecule has 1 saturated heterocycles. The number of benzene rings is 1. The van der Waals surface area contributed by atoms with Gasteiger partial charge in [-0.3, -0.25) is 4.79 Å². The number of morpholine rings is 1. The van der Waals surface area contributed by atoms with Gasteiger partial charge in [-0.2, -0.15) is 0 Å². The van der Waals surface area contributed by atoms with E-state index in [9.17, 15) is 4.79 Å². The molecule has 0 aliphatic carbocycles. The molecule has 0 radical (unpaired) electrons. The molecule has 1 heterocycles. The fourth-order valence-electron chi connectivity index (χ4n) is 3.14. The number of amides is 1. The fraction of sp³-hybridized carbons (Fsp3) is 0.632. The van der Waals surface area contributed by atoms with Crippen LogP contribution in [0.1, 0.15) is 45.2 Å². The summed E-state index contributed by atoms with van der Waals surface area (Å²) >= 11 is 0. The van der Waals surface area contributed by atoms with Crippen LogP contribution in [0.4, 0.5) is 0 Å². The predicted molar refractivity (Wildman–Crippen MR) is 96.9 cm³/mol. The van der Waals surface area contributed by atoms with Crippen LogP contribution in [0.3, 0.4) is 0 Å². The summed E-state index contributed by atoms with van der Waals surface area (Å²) in [5, 5.41) is 10.0. The molecule has 2 unspecified atom stereocenters. The van der Waals surface area contributed by atoms with Crippen LogP contribution < -0.4 is 16.0 Å². The zero-order chi connectivity index (χ0) is 17.4. The molecule has 24 heavy (non-hydrogen) atoms. The van der Waals surface area contributed by atoms with Crippen LogP contribution in [0, 0.1) is 0 Å². The lowest BCUT2D eigenvalue weighted by Gasteiger charge is -2.37. The highest BCUT2D eigenvalue weighted by molar-refractivity contribution is 5.81. The maximum absolute atomic E-state index is 12.3. The van der Waals surface area contributed by atoms with Gasteiger partial charge in [0.25, 0.3) is 5.91 Å². The first-order chi connectivity index (χ1) is 11.6. The third-order valence-corrected chi connectivity index (χ3v) is 5.00. The Hall–Kier alpha value is -1.43. The Labute approximate surface area is 145 Å². The molecule has 1 aliphatic rings. The van der Waals surface area contributed by atoms with Gasteiger partial charge in [0, 0.05) is 31.2 Å². The Balaban J connectivity index is 1.94. The van der Waals surface area contributed by atoms with Crippen molar-refractivity contribution in [3.8, 4) is 0 Å². The highest BCUT2D eigenvalue weighted by Gasteiger charge is 2.30. The Kier molecular flexibility index (Phi) is 7.21. The Bertz CT molecular complexity index is 497. The first-order valence-electron chi connectivity index (χ1n) is 9.03. The SMILES string of the molecule is CCC(CC)(CNC(=O)C1CNCCO1)NC(C)c1ccccc1. The van der Waals surface area contributed by atoms with E-state index in [0.717, 1.165) is 19.4 Å². The third-order valence-electron chi connectivity index (χ3n) is 5.00. The number of ether oxygens (including phenoxy) is 1. The smallest absolute Gasteiger partial charge is 0.250 e. The maximum atomic E-state index is 12.3. The van der Waals surface area contributed by atoms with Gasteiger partial charge in [0.1, 0.15) is 6.10 Å². The molecule has 3 N–H and O–H groups in total. The van der Waals surface area contributed by atoms with Gasteiger partial charge in [0.05, 0.1) is 6.61 Å². The summed E-state index contributed by atoms with van der Waals surface area (Å²) in [5.41, 5.74) is 1.14. The van der Waals surface area contributed by atoms with Crippen LogP contribution in [-0.4, -0.2) is 43.8 Å². The van der Waals surface area contributed by atoms with Gasteiger partial charge in [0.2, 0.25) is 0 Å². The number of nitrogens with one attached hydrogen (secondary N) is 3. The average Bonchev–Trinajstić information content (AvgIpc) is 2.66. The minimum Gasteiger partial charge on any atom is -0.366 e. The van der Waals surface area contributed by atoms with Gasteiger partial charge < -0.3 is 20.7 Å². The Morgan fingerprint density at radius 2 is 2.04 bits per heavy atom. The fourth-order valence-corrected chi connectivity index (χ4v) is 3.14.